The lowest BCUT2D eigenvalue weighted by atomic mass is 9.97. The summed E-state index contributed by atoms with van der Waals surface area (Å²) in [6.07, 6.45) is 4.06. The van der Waals surface area contributed by atoms with Gasteiger partial charge in [-0.3, -0.25) is 14.9 Å². The zero-order chi connectivity index (χ0) is 18.5. The van der Waals surface area contributed by atoms with Gasteiger partial charge in [-0.25, -0.2) is 4.98 Å². The third kappa shape index (κ3) is 4.80. The Morgan fingerprint density at radius 1 is 1.38 bits per heavy atom. The summed E-state index contributed by atoms with van der Waals surface area (Å²) in [5, 5.41) is 17.2. The van der Waals surface area contributed by atoms with Crippen molar-refractivity contribution in [3.63, 3.8) is 0 Å². The van der Waals surface area contributed by atoms with E-state index in [1.165, 1.54) is 28.8 Å². The minimum Gasteiger partial charge on any atom is -0.317 e. The maximum absolute atomic E-state index is 12.4. The summed E-state index contributed by atoms with van der Waals surface area (Å²) in [6.45, 7) is 3.85. The monoisotopic (exact) mass is 392 g/mol. The lowest BCUT2D eigenvalue weighted by molar-refractivity contribution is -0.384. The van der Waals surface area contributed by atoms with Gasteiger partial charge in [0.1, 0.15) is 0 Å². The number of nitrogens with one attached hydrogen (secondary N) is 2. The van der Waals surface area contributed by atoms with Gasteiger partial charge < -0.3 is 10.6 Å². The molecule has 0 spiro atoms. The van der Waals surface area contributed by atoms with E-state index in [2.05, 4.69) is 15.6 Å². The lowest BCUT2D eigenvalue weighted by Crippen LogP contribution is -2.26. The highest BCUT2D eigenvalue weighted by Crippen LogP contribution is 2.32. The van der Waals surface area contributed by atoms with E-state index >= 15 is 0 Å². The first-order valence-corrected chi connectivity index (χ1v) is 10.1. The average Bonchev–Trinajstić information content (AvgIpc) is 3.11. The maximum atomic E-state index is 12.4. The van der Waals surface area contributed by atoms with Crippen LogP contribution in [0.15, 0.2) is 35.4 Å². The van der Waals surface area contributed by atoms with Crippen LogP contribution in [-0.2, 0) is 4.79 Å². The molecule has 26 heavy (non-hydrogen) atoms. The van der Waals surface area contributed by atoms with Crippen molar-refractivity contribution >= 4 is 39.8 Å². The van der Waals surface area contributed by atoms with Crippen molar-refractivity contribution in [1.29, 1.82) is 0 Å². The largest absolute Gasteiger partial charge is 0.317 e. The first-order chi connectivity index (χ1) is 12.5. The predicted octanol–water partition coefficient (Wildman–Crippen LogP) is 3.64. The Hall–Kier alpha value is -1.97. The summed E-state index contributed by atoms with van der Waals surface area (Å²) in [4.78, 5) is 29.0. The number of nitrogens with zero attached hydrogens (tertiary/aromatic N) is 2. The molecule has 0 aliphatic carbocycles. The number of anilines is 1. The maximum Gasteiger partial charge on any atom is 0.269 e. The van der Waals surface area contributed by atoms with Crippen LogP contribution in [0.4, 0.5) is 10.8 Å². The van der Waals surface area contributed by atoms with Crippen LogP contribution in [0.2, 0.25) is 0 Å². The summed E-state index contributed by atoms with van der Waals surface area (Å²) in [5.41, 5.74) is 0.0414. The van der Waals surface area contributed by atoms with E-state index in [4.69, 9.17) is 0 Å². The molecule has 1 amide bonds. The van der Waals surface area contributed by atoms with Crippen molar-refractivity contribution in [2.24, 2.45) is 0 Å². The third-order valence-electron chi connectivity index (χ3n) is 4.22. The van der Waals surface area contributed by atoms with Crippen molar-refractivity contribution in [2.75, 3.05) is 18.4 Å². The molecule has 0 saturated carbocycles. The molecular formula is C17H20N4O3S2. The Morgan fingerprint density at radius 2 is 2.08 bits per heavy atom. The molecule has 2 aromatic rings. The molecule has 1 fully saturated rings. The van der Waals surface area contributed by atoms with Gasteiger partial charge >= 0.3 is 0 Å². The summed E-state index contributed by atoms with van der Waals surface area (Å²) < 4.78 is 0. The second kappa shape index (κ2) is 8.61. The number of piperidine rings is 1. The Labute approximate surface area is 159 Å². The molecule has 1 aromatic carbocycles. The second-order valence-electron chi connectivity index (χ2n) is 6.09. The zero-order valence-corrected chi connectivity index (χ0v) is 15.9. The number of carbonyl (C=O) groups is 1. The molecule has 1 unspecified atom stereocenters. The number of amides is 1. The van der Waals surface area contributed by atoms with Gasteiger partial charge in [-0.15, -0.1) is 23.1 Å². The standard InChI is InChI=1S/C17H20N4O3S2/c1-11(25-14-4-2-13(3-5-14)21(23)24)16(22)20-17-19-10-15(26-17)12-6-8-18-9-7-12/h2-5,10-12,18H,6-9H2,1H3,(H,19,20,22). The van der Waals surface area contributed by atoms with Gasteiger partial charge in [0.2, 0.25) is 5.91 Å². The number of nitro groups is 1. The molecule has 1 atom stereocenters. The van der Waals surface area contributed by atoms with Gasteiger partial charge in [0.15, 0.2) is 5.13 Å². The molecule has 1 saturated heterocycles. The van der Waals surface area contributed by atoms with Crippen LogP contribution >= 0.6 is 23.1 Å². The average molecular weight is 393 g/mol. The van der Waals surface area contributed by atoms with Crippen LogP contribution in [0, 0.1) is 10.1 Å². The number of non-ortho nitro benzene ring substituents is 1. The van der Waals surface area contributed by atoms with Crippen molar-refractivity contribution < 1.29 is 9.72 Å². The number of aromatic nitrogens is 1. The SMILES string of the molecule is CC(Sc1ccc([N+](=O)[O-])cc1)C(=O)Nc1ncc(C2CCNCC2)s1. The van der Waals surface area contributed by atoms with Gasteiger partial charge in [0.25, 0.3) is 5.69 Å². The Balaban J connectivity index is 1.55. The molecule has 1 aliphatic heterocycles. The highest BCUT2D eigenvalue weighted by atomic mass is 32.2. The van der Waals surface area contributed by atoms with Crippen LogP contribution in [0.1, 0.15) is 30.6 Å². The smallest absolute Gasteiger partial charge is 0.269 e. The van der Waals surface area contributed by atoms with Crippen LogP contribution in [0.25, 0.3) is 0 Å². The molecule has 1 aromatic heterocycles. The van der Waals surface area contributed by atoms with Gasteiger partial charge in [0, 0.05) is 28.1 Å². The van der Waals surface area contributed by atoms with Gasteiger partial charge in [0.05, 0.1) is 10.2 Å². The number of carbonyl (C=O) groups excluding carboxylic acids is 1. The van der Waals surface area contributed by atoms with Crippen LogP contribution in [-0.4, -0.2) is 34.2 Å². The number of benzene rings is 1. The fourth-order valence-electron chi connectivity index (χ4n) is 2.75. The molecule has 0 radical (unpaired) electrons. The third-order valence-corrected chi connectivity index (χ3v) is 6.41. The molecule has 138 valence electrons. The highest BCUT2D eigenvalue weighted by molar-refractivity contribution is 8.00. The predicted molar refractivity (Wildman–Crippen MR) is 104 cm³/mol. The minimum atomic E-state index is -0.437. The summed E-state index contributed by atoms with van der Waals surface area (Å²) >= 11 is 2.90. The number of thiazole rings is 1. The zero-order valence-electron chi connectivity index (χ0n) is 14.3. The fraction of sp³-hybridized carbons (Fsp3) is 0.412. The van der Waals surface area contributed by atoms with Crippen LogP contribution in [0.3, 0.4) is 0 Å². The van der Waals surface area contributed by atoms with E-state index in [0.29, 0.717) is 11.0 Å². The van der Waals surface area contributed by atoms with E-state index in [1.54, 1.807) is 23.5 Å². The number of rotatable bonds is 6. The van der Waals surface area contributed by atoms with Crippen LogP contribution in [0.5, 0.6) is 0 Å². The first kappa shape index (κ1) is 18.8. The summed E-state index contributed by atoms with van der Waals surface area (Å²) in [5.74, 6) is 0.394. The van der Waals surface area contributed by atoms with E-state index < -0.39 is 4.92 Å². The van der Waals surface area contributed by atoms with Gasteiger partial charge in [-0.05, 0) is 50.9 Å². The molecule has 2 N–H and O–H groups in total. The quantitative estimate of drug-likeness (QED) is 0.443. The van der Waals surface area contributed by atoms with E-state index in [0.717, 1.165) is 30.8 Å². The van der Waals surface area contributed by atoms with Crippen molar-refractivity contribution in [3.8, 4) is 0 Å². The summed E-state index contributed by atoms with van der Waals surface area (Å²) in [6, 6.07) is 6.20. The number of thioether (sulfide) groups is 1. The molecule has 3 rings (SSSR count). The molecular weight excluding hydrogens is 372 g/mol. The Morgan fingerprint density at radius 3 is 2.73 bits per heavy atom. The number of hydrogen-bond donors (Lipinski definition) is 2. The topological polar surface area (TPSA) is 97.2 Å². The normalized spacial score (nSPS) is 16.2. The molecule has 9 heteroatoms. The number of hydrogen-bond acceptors (Lipinski definition) is 7. The molecule has 7 nitrogen and oxygen atoms in total. The minimum absolute atomic E-state index is 0.0414. The van der Waals surface area contributed by atoms with E-state index in [9.17, 15) is 14.9 Å². The summed E-state index contributed by atoms with van der Waals surface area (Å²) in [7, 11) is 0. The van der Waals surface area contributed by atoms with E-state index in [-0.39, 0.29) is 16.8 Å². The van der Waals surface area contributed by atoms with E-state index in [1.807, 2.05) is 13.1 Å². The first-order valence-electron chi connectivity index (χ1n) is 8.41. The van der Waals surface area contributed by atoms with Crippen molar-refractivity contribution in [2.45, 2.75) is 35.8 Å². The van der Waals surface area contributed by atoms with Gasteiger partial charge in [-0.1, -0.05) is 0 Å². The molecule has 1 aliphatic rings. The lowest BCUT2D eigenvalue weighted by Gasteiger charge is -2.20. The Kier molecular flexibility index (Phi) is 6.23. The second-order valence-corrected chi connectivity index (χ2v) is 8.57. The molecule has 0 bridgehead atoms. The number of nitro benzene ring substituents is 1. The Bertz CT molecular complexity index is 773. The van der Waals surface area contributed by atoms with Crippen LogP contribution < -0.4 is 10.6 Å². The highest BCUT2D eigenvalue weighted by Gasteiger charge is 2.20. The molecule has 2 heterocycles. The van der Waals surface area contributed by atoms with Crippen molar-refractivity contribution in [1.82, 2.24) is 10.3 Å². The van der Waals surface area contributed by atoms with Gasteiger partial charge in [-0.2, -0.15) is 0 Å². The fourth-order valence-corrected chi connectivity index (χ4v) is 4.61. The van der Waals surface area contributed by atoms with Crippen molar-refractivity contribution in [3.05, 3.63) is 45.5 Å².